The Balaban J connectivity index is 3.10. The van der Waals surface area contributed by atoms with Crippen LogP contribution < -0.4 is 11.3 Å². The van der Waals surface area contributed by atoms with E-state index in [-0.39, 0.29) is 17.0 Å². The lowest BCUT2D eigenvalue weighted by molar-refractivity contribution is 0.482. The number of benzene rings is 1. The van der Waals surface area contributed by atoms with Gasteiger partial charge in [-0.1, -0.05) is 12.1 Å². The van der Waals surface area contributed by atoms with Crippen LogP contribution in [0.3, 0.4) is 0 Å². The summed E-state index contributed by atoms with van der Waals surface area (Å²) in [5, 5.41) is 10.2. The van der Waals surface area contributed by atoms with E-state index in [1.54, 1.807) is 31.3 Å². The van der Waals surface area contributed by atoms with Crippen LogP contribution in [0, 0.1) is 0 Å². The largest absolute Gasteiger partial charge is 0.505 e. The molecule has 1 aromatic heterocycles. The molecule has 3 N–H and O–H groups in total. The van der Waals surface area contributed by atoms with E-state index in [1.165, 1.54) is 4.57 Å². The Morgan fingerprint density at radius 1 is 1.36 bits per heavy atom. The number of rotatable bonds is 0. The third-order valence-electron chi connectivity index (χ3n) is 2.31. The predicted molar refractivity (Wildman–Crippen MR) is 55.3 cm³/mol. The van der Waals surface area contributed by atoms with Gasteiger partial charge in [0.15, 0.2) is 5.75 Å². The van der Waals surface area contributed by atoms with Crippen molar-refractivity contribution in [3.63, 3.8) is 0 Å². The van der Waals surface area contributed by atoms with E-state index in [4.69, 9.17) is 5.73 Å². The number of aryl methyl sites for hydroxylation is 1. The fourth-order valence-corrected chi connectivity index (χ4v) is 1.50. The van der Waals surface area contributed by atoms with Crippen LogP contribution in [0.25, 0.3) is 10.9 Å². The lowest BCUT2D eigenvalue weighted by Crippen LogP contribution is -2.20. The van der Waals surface area contributed by atoms with E-state index in [9.17, 15) is 9.90 Å². The molecule has 72 valence electrons. The first-order valence-corrected chi connectivity index (χ1v) is 4.19. The van der Waals surface area contributed by atoms with E-state index in [0.717, 1.165) is 0 Å². The van der Waals surface area contributed by atoms with Crippen LogP contribution >= 0.6 is 0 Å². The van der Waals surface area contributed by atoms with E-state index in [0.29, 0.717) is 10.9 Å². The zero-order chi connectivity index (χ0) is 10.3. The molecule has 14 heavy (non-hydrogen) atoms. The number of nitrogens with two attached hydrogens (primary N) is 1. The van der Waals surface area contributed by atoms with Gasteiger partial charge in [0.25, 0.3) is 5.56 Å². The summed E-state index contributed by atoms with van der Waals surface area (Å²) in [6.45, 7) is 0. The zero-order valence-electron chi connectivity index (χ0n) is 7.69. The van der Waals surface area contributed by atoms with Gasteiger partial charge in [-0.3, -0.25) is 4.79 Å². The monoisotopic (exact) mass is 190 g/mol. The summed E-state index contributed by atoms with van der Waals surface area (Å²) in [5.74, 6) is -0.135. The minimum Gasteiger partial charge on any atom is -0.505 e. The molecule has 0 fully saturated rings. The lowest BCUT2D eigenvalue weighted by atomic mass is 10.2. The first kappa shape index (κ1) is 8.62. The smallest absolute Gasteiger partial charge is 0.277 e. The summed E-state index contributed by atoms with van der Waals surface area (Å²) >= 11 is 0. The molecule has 2 rings (SSSR count). The van der Waals surface area contributed by atoms with Crippen LogP contribution in [0.1, 0.15) is 0 Å². The van der Waals surface area contributed by atoms with Crippen LogP contribution in [0.15, 0.2) is 29.1 Å². The van der Waals surface area contributed by atoms with Crippen molar-refractivity contribution in [2.75, 3.05) is 5.73 Å². The Labute approximate surface area is 80.2 Å². The lowest BCUT2D eigenvalue weighted by Gasteiger charge is -2.08. The number of nitrogen functional groups attached to an aromatic ring is 1. The highest BCUT2D eigenvalue weighted by atomic mass is 16.3. The van der Waals surface area contributed by atoms with Crippen LogP contribution in [-0.2, 0) is 7.05 Å². The van der Waals surface area contributed by atoms with Crippen molar-refractivity contribution < 1.29 is 5.11 Å². The first-order valence-electron chi connectivity index (χ1n) is 4.19. The molecule has 0 atom stereocenters. The summed E-state index contributed by atoms with van der Waals surface area (Å²) in [6.07, 6.45) is 0. The van der Waals surface area contributed by atoms with Crippen LogP contribution in [0.5, 0.6) is 5.75 Å². The van der Waals surface area contributed by atoms with E-state index >= 15 is 0 Å². The minimum atomic E-state index is -0.374. The number of hydrogen-bond donors (Lipinski definition) is 2. The maximum Gasteiger partial charge on any atom is 0.277 e. The number of fused-ring (bicyclic) bond motifs is 1. The number of nitrogens with zero attached hydrogens (tertiary/aromatic N) is 1. The molecule has 4 heteroatoms. The van der Waals surface area contributed by atoms with Gasteiger partial charge in [-0.2, -0.15) is 0 Å². The normalized spacial score (nSPS) is 10.6. The second kappa shape index (κ2) is 2.77. The van der Waals surface area contributed by atoms with Gasteiger partial charge in [0.1, 0.15) is 5.69 Å². The zero-order valence-corrected chi connectivity index (χ0v) is 7.69. The standard InChI is InChI=1S/C10H10N2O2/c1-12-7-5-3-2-4-6(7)9(13)8(11)10(12)14/h2-5,13H,11H2,1H3. The van der Waals surface area contributed by atoms with E-state index < -0.39 is 0 Å². The number of aromatic nitrogens is 1. The highest BCUT2D eigenvalue weighted by Gasteiger charge is 2.10. The van der Waals surface area contributed by atoms with Gasteiger partial charge < -0.3 is 15.4 Å². The topological polar surface area (TPSA) is 68.2 Å². The van der Waals surface area contributed by atoms with Crippen molar-refractivity contribution >= 4 is 16.6 Å². The molecule has 0 saturated heterocycles. The molecular formula is C10H10N2O2. The third-order valence-corrected chi connectivity index (χ3v) is 2.31. The van der Waals surface area contributed by atoms with Crippen molar-refractivity contribution in [1.82, 2.24) is 4.57 Å². The van der Waals surface area contributed by atoms with Crippen LogP contribution in [-0.4, -0.2) is 9.67 Å². The number of anilines is 1. The van der Waals surface area contributed by atoms with Crippen molar-refractivity contribution in [1.29, 1.82) is 0 Å². The quantitative estimate of drug-likeness (QED) is 0.646. The molecule has 1 aromatic carbocycles. The fourth-order valence-electron chi connectivity index (χ4n) is 1.50. The molecule has 2 aromatic rings. The molecule has 0 spiro atoms. The third kappa shape index (κ3) is 0.970. The van der Waals surface area contributed by atoms with Gasteiger partial charge in [-0.05, 0) is 12.1 Å². The molecule has 0 amide bonds. The second-order valence-corrected chi connectivity index (χ2v) is 3.14. The van der Waals surface area contributed by atoms with Gasteiger partial charge in [0.2, 0.25) is 0 Å². The van der Waals surface area contributed by atoms with Crippen molar-refractivity contribution in [3.05, 3.63) is 34.6 Å². The summed E-state index contributed by atoms with van der Waals surface area (Å²) in [7, 11) is 1.63. The van der Waals surface area contributed by atoms with Gasteiger partial charge in [-0.25, -0.2) is 0 Å². The Kier molecular flexibility index (Phi) is 1.70. The Hall–Kier alpha value is -1.97. The van der Waals surface area contributed by atoms with Crippen molar-refractivity contribution in [2.45, 2.75) is 0 Å². The van der Waals surface area contributed by atoms with Crippen LogP contribution in [0.4, 0.5) is 5.69 Å². The number of pyridine rings is 1. The predicted octanol–water partition coefficient (Wildman–Crippen LogP) is 0.826. The van der Waals surface area contributed by atoms with Gasteiger partial charge in [0.05, 0.1) is 5.52 Å². The summed E-state index contributed by atoms with van der Waals surface area (Å²) in [4.78, 5) is 11.5. The van der Waals surface area contributed by atoms with Gasteiger partial charge in [0, 0.05) is 12.4 Å². The summed E-state index contributed by atoms with van der Waals surface area (Å²) in [6, 6.07) is 7.07. The maximum atomic E-state index is 11.5. The van der Waals surface area contributed by atoms with Gasteiger partial charge in [-0.15, -0.1) is 0 Å². The molecule has 0 unspecified atom stereocenters. The Bertz CT molecular complexity index is 558. The number of aromatic hydroxyl groups is 1. The van der Waals surface area contributed by atoms with E-state index in [2.05, 4.69) is 0 Å². The minimum absolute atomic E-state index is 0.105. The fraction of sp³-hybridized carbons (Fsp3) is 0.100. The summed E-state index contributed by atoms with van der Waals surface area (Å²) < 4.78 is 1.42. The molecule has 0 aliphatic heterocycles. The van der Waals surface area contributed by atoms with Crippen molar-refractivity contribution in [3.8, 4) is 5.75 Å². The Morgan fingerprint density at radius 2 is 2.00 bits per heavy atom. The highest BCUT2D eigenvalue weighted by molar-refractivity contribution is 5.89. The molecule has 0 aliphatic carbocycles. The van der Waals surface area contributed by atoms with Gasteiger partial charge >= 0.3 is 0 Å². The second-order valence-electron chi connectivity index (χ2n) is 3.14. The van der Waals surface area contributed by atoms with Crippen molar-refractivity contribution in [2.24, 2.45) is 7.05 Å². The first-order chi connectivity index (χ1) is 6.63. The number of para-hydroxylation sites is 1. The molecule has 4 nitrogen and oxygen atoms in total. The van der Waals surface area contributed by atoms with E-state index in [1.807, 2.05) is 0 Å². The Morgan fingerprint density at radius 3 is 2.71 bits per heavy atom. The SMILES string of the molecule is Cn1c(=O)c(N)c(O)c2ccccc21. The molecule has 0 saturated carbocycles. The average Bonchev–Trinajstić information content (AvgIpc) is 2.23. The molecule has 0 aliphatic rings. The molecular weight excluding hydrogens is 180 g/mol. The molecule has 0 bridgehead atoms. The molecule has 1 heterocycles. The highest BCUT2D eigenvalue weighted by Crippen LogP contribution is 2.26. The molecule has 0 radical (unpaired) electrons. The summed E-state index contributed by atoms with van der Waals surface area (Å²) in [5.41, 5.74) is 5.66. The maximum absolute atomic E-state index is 11.5. The average molecular weight is 190 g/mol. The van der Waals surface area contributed by atoms with Crippen LogP contribution in [0.2, 0.25) is 0 Å². The number of hydrogen-bond acceptors (Lipinski definition) is 3.